The first kappa shape index (κ1) is 13.3. The molecule has 104 valence electrons. The minimum Gasteiger partial charge on any atom is -0.371 e. The summed E-state index contributed by atoms with van der Waals surface area (Å²) >= 11 is 5.98. The molecule has 0 fully saturated rings. The molecule has 0 amide bonds. The number of alkyl halides is 1. The first-order valence-corrected chi connectivity index (χ1v) is 7.16. The Hall–Kier alpha value is -1.74. The van der Waals surface area contributed by atoms with Crippen LogP contribution in [0.15, 0.2) is 42.5 Å². The molecule has 0 saturated carbocycles. The Labute approximate surface area is 123 Å². The minimum atomic E-state index is -0.244. The van der Waals surface area contributed by atoms with E-state index in [-0.39, 0.29) is 5.82 Å². The molecule has 0 unspecified atom stereocenters. The van der Waals surface area contributed by atoms with E-state index in [1.165, 1.54) is 17.8 Å². The van der Waals surface area contributed by atoms with Crippen LogP contribution in [0, 0.1) is 5.82 Å². The molecule has 1 aliphatic rings. The number of halogens is 2. The van der Waals surface area contributed by atoms with E-state index in [0.29, 0.717) is 5.88 Å². The molecule has 0 aromatic heterocycles. The zero-order valence-electron chi connectivity index (χ0n) is 11.3. The van der Waals surface area contributed by atoms with Crippen molar-refractivity contribution in [3.63, 3.8) is 0 Å². The molecule has 0 N–H and O–H groups in total. The summed E-state index contributed by atoms with van der Waals surface area (Å²) in [4.78, 5) is 4.45. The summed E-state index contributed by atoms with van der Waals surface area (Å²) in [5.74, 6) is 0.0635. The molecule has 2 aromatic carbocycles. The van der Waals surface area contributed by atoms with E-state index in [0.717, 1.165) is 30.0 Å². The van der Waals surface area contributed by atoms with E-state index < -0.39 is 0 Å². The molecule has 2 aromatic rings. The van der Waals surface area contributed by atoms with Crippen LogP contribution in [0.5, 0.6) is 0 Å². The smallest absolute Gasteiger partial charge is 0.123 e. The highest BCUT2D eigenvalue weighted by Crippen LogP contribution is 2.38. The van der Waals surface area contributed by atoms with Crippen LogP contribution in [-0.2, 0) is 5.88 Å². The van der Waals surface area contributed by atoms with Crippen molar-refractivity contribution in [3.05, 3.63) is 53.8 Å². The number of likely N-dealkylation sites (N-methyl/N-ethyl adjacent to an activating group) is 1. The average molecular weight is 291 g/mol. The normalized spacial score (nSPS) is 14.3. The zero-order valence-corrected chi connectivity index (χ0v) is 12.1. The molecular weight excluding hydrogens is 275 g/mol. The molecule has 0 bridgehead atoms. The van der Waals surface area contributed by atoms with Gasteiger partial charge in [0.25, 0.3) is 0 Å². The Balaban J connectivity index is 2.10. The molecule has 0 radical (unpaired) electrons. The topological polar surface area (TPSA) is 6.48 Å². The molecule has 20 heavy (non-hydrogen) atoms. The summed E-state index contributed by atoms with van der Waals surface area (Å²) in [5, 5.41) is 0. The van der Waals surface area contributed by atoms with Crippen LogP contribution >= 0.6 is 11.6 Å². The predicted octanol–water partition coefficient (Wildman–Crippen LogP) is 4.15. The van der Waals surface area contributed by atoms with Crippen LogP contribution < -0.4 is 9.80 Å². The van der Waals surface area contributed by atoms with Gasteiger partial charge in [0.05, 0.1) is 11.4 Å². The number of para-hydroxylation sites is 2. The molecule has 3 rings (SSSR count). The maximum absolute atomic E-state index is 13.4. The third-order valence-electron chi connectivity index (χ3n) is 3.72. The lowest BCUT2D eigenvalue weighted by atomic mass is 10.1. The first-order chi connectivity index (χ1) is 9.70. The van der Waals surface area contributed by atoms with Crippen molar-refractivity contribution >= 4 is 28.7 Å². The monoisotopic (exact) mass is 290 g/mol. The number of benzene rings is 2. The maximum atomic E-state index is 13.4. The van der Waals surface area contributed by atoms with Gasteiger partial charge in [-0.3, -0.25) is 0 Å². The standard InChI is InChI=1S/C16H16ClFN2/c1-19-8-9-20(16-5-3-2-4-15(16)19)14-7-6-13(18)10-12(14)11-17/h2-7,10H,8-9,11H2,1H3. The van der Waals surface area contributed by atoms with E-state index >= 15 is 0 Å². The lowest BCUT2D eigenvalue weighted by molar-refractivity contribution is 0.626. The lowest BCUT2D eigenvalue weighted by Crippen LogP contribution is -2.36. The van der Waals surface area contributed by atoms with Crippen molar-refractivity contribution in [2.45, 2.75) is 5.88 Å². The summed E-state index contributed by atoms with van der Waals surface area (Å²) < 4.78 is 13.4. The summed E-state index contributed by atoms with van der Waals surface area (Å²) in [6.45, 7) is 1.79. The van der Waals surface area contributed by atoms with Crippen molar-refractivity contribution in [2.24, 2.45) is 0 Å². The van der Waals surface area contributed by atoms with Crippen molar-refractivity contribution in [1.29, 1.82) is 0 Å². The molecule has 1 aliphatic heterocycles. The number of fused-ring (bicyclic) bond motifs is 1. The number of nitrogens with zero attached hydrogens (tertiary/aromatic N) is 2. The van der Waals surface area contributed by atoms with Gasteiger partial charge < -0.3 is 9.80 Å². The zero-order chi connectivity index (χ0) is 14.1. The second kappa shape index (κ2) is 5.33. The second-order valence-electron chi connectivity index (χ2n) is 4.97. The van der Waals surface area contributed by atoms with E-state index in [9.17, 15) is 4.39 Å². The molecular formula is C16H16ClFN2. The van der Waals surface area contributed by atoms with Gasteiger partial charge >= 0.3 is 0 Å². The molecule has 0 saturated heterocycles. The number of hydrogen-bond donors (Lipinski definition) is 0. The SMILES string of the molecule is CN1CCN(c2ccc(F)cc2CCl)c2ccccc21. The van der Waals surface area contributed by atoms with Gasteiger partial charge in [-0.25, -0.2) is 4.39 Å². The molecule has 0 atom stereocenters. The highest BCUT2D eigenvalue weighted by molar-refractivity contribution is 6.17. The maximum Gasteiger partial charge on any atom is 0.123 e. The summed E-state index contributed by atoms with van der Waals surface area (Å²) in [5.41, 5.74) is 4.13. The van der Waals surface area contributed by atoms with Gasteiger partial charge in [-0.2, -0.15) is 0 Å². The summed E-state index contributed by atoms with van der Waals surface area (Å²) in [7, 11) is 2.09. The van der Waals surface area contributed by atoms with Gasteiger partial charge in [-0.1, -0.05) is 12.1 Å². The average Bonchev–Trinajstić information content (AvgIpc) is 2.48. The van der Waals surface area contributed by atoms with Crippen molar-refractivity contribution in [1.82, 2.24) is 0 Å². The van der Waals surface area contributed by atoms with E-state index in [2.05, 4.69) is 29.0 Å². The molecule has 0 spiro atoms. The largest absolute Gasteiger partial charge is 0.371 e. The van der Waals surface area contributed by atoms with Gasteiger partial charge in [-0.15, -0.1) is 11.6 Å². The van der Waals surface area contributed by atoms with Crippen LogP contribution in [0.1, 0.15) is 5.56 Å². The van der Waals surface area contributed by atoms with E-state index in [4.69, 9.17) is 11.6 Å². The Morgan fingerprint density at radius 1 is 1.05 bits per heavy atom. The van der Waals surface area contributed by atoms with Crippen LogP contribution in [0.2, 0.25) is 0 Å². The molecule has 0 aliphatic carbocycles. The van der Waals surface area contributed by atoms with Crippen LogP contribution in [0.3, 0.4) is 0 Å². The summed E-state index contributed by atoms with van der Waals surface area (Å²) in [6.07, 6.45) is 0. The fraction of sp³-hybridized carbons (Fsp3) is 0.250. The number of hydrogen-bond acceptors (Lipinski definition) is 2. The molecule has 1 heterocycles. The van der Waals surface area contributed by atoms with Gasteiger partial charge in [0, 0.05) is 31.7 Å². The second-order valence-corrected chi connectivity index (χ2v) is 5.24. The predicted molar refractivity (Wildman–Crippen MR) is 82.7 cm³/mol. The van der Waals surface area contributed by atoms with Gasteiger partial charge in [0.1, 0.15) is 5.82 Å². The van der Waals surface area contributed by atoms with Crippen LogP contribution in [0.25, 0.3) is 0 Å². The number of rotatable bonds is 2. The fourth-order valence-corrected chi connectivity index (χ4v) is 2.89. The molecule has 2 nitrogen and oxygen atoms in total. The minimum absolute atomic E-state index is 0.244. The van der Waals surface area contributed by atoms with Crippen LogP contribution in [0.4, 0.5) is 21.5 Å². The Kier molecular flexibility index (Phi) is 3.53. The van der Waals surface area contributed by atoms with Gasteiger partial charge in [-0.05, 0) is 35.9 Å². The quantitative estimate of drug-likeness (QED) is 0.767. The van der Waals surface area contributed by atoms with E-state index in [1.54, 1.807) is 0 Å². The first-order valence-electron chi connectivity index (χ1n) is 6.63. The van der Waals surface area contributed by atoms with Gasteiger partial charge in [0.2, 0.25) is 0 Å². The Morgan fingerprint density at radius 3 is 2.55 bits per heavy atom. The lowest BCUT2D eigenvalue weighted by Gasteiger charge is -2.37. The molecule has 4 heteroatoms. The highest BCUT2D eigenvalue weighted by Gasteiger charge is 2.22. The third-order valence-corrected chi connectivity index (χ3v) is 4.01. The highest BCUT2D eigenvalue weighted by atomic mass is 35.5. The Morgan fingerprint density at radius 2 is 1.80 bits per heavy atom. The van der Waals surface area contributed by atoms with Gasteiger partial charge in [0.15, 0.2) is 0 Å². The van der Waals surface area contributed by atoms with Crippen molar-refractivity contribution < 1.29 is 4.39 Å². The fourth-order valence-electron chi connectivity index (χ4n) is 2.68. The summed E-state index contributed by atoms with van der Waals surface area (Å²) in [6, 6.07) is 13.1. The van der Waals surface area contributed by atoms with Crippen LogP contribution in [-0.4, -0.2) is 20.1 Å². The number of anilines is 3. The van der Waals surface area contributed by atoms with Crippen molar-refractivity contribution in [2.75, 3.05) is 29.9 Å². The van der Waals surface area contributed by atoms with Crippen molar-refractivity contribution in [3.8, 4) is 0 Å². The van der Waals surface area contributed by atoms with E-state index in [1.807, 2.05) is 18.2 Å². The Bertz CT molecular complexity index is 630. The third kappa shape index (κ3) is 2.22.